The van der Waals surface area contributed by atoms with Crippen LogP contribution in [0, 0.1) is 0 Å². The van der Waals surface area contributed by atoms with Gasteiger partial charge < -0.3 is 5.11 Å². The van der Waals surface area contributed by atoms with E-state index in [0.29, 0.717) is 5.75 Å². The number of phenolic OH excluding ortho intramolecular Hbond substituents is 1. The Labute approximate surface area is 154 Å². The van der Waals surface area contributed by atoms with Crippen LogP contribution in [0.25, 0.3) is 11.6 Å². The molecule has 128 valence electrons. The van der Waals surface area contributed by atoms with Crippen molar-refractivity contribution in [2.45, 2.75) is 31.1 Å². The SMILES string of the molecule is CC12C[C@]1(C)c1ccccc1C(=Cc1cccc(O)c1)c1ccccc12. The van der Waals surface area contributed by atoms with E-state index in [0.717, 1.165) is 5.56 Å². The molecule has 1 fully saturated rings. The highest BCUT2D eigenvalue weighted by Crippen LogP contribution is 2.68. The number of aromatic hydroxyl groups is 1. The van der Waals surface area contributed by atoms with E-state index in [9.17, 15) is 5.11 Å². The molecule has 2 aliphatic rings. The highest BCUT2D eigenvalue weighted by molar-refractivity contribution is 5.96. The second-order valence-corrected chi connectivity index (χ2v) is 8.09. The summed E-state index contributed by atoms with van der Waals surface area (Å²) in [6.07, 6.45) is 3.41. The molecule has 1 heteroatoms. The number of phenols is 1. The van der Waals surface area contributed by atoms with E-state index < -0.39 is 0 Å². The van der Waals surface area contributed by atoms with Gasteiger partial charge in [-0.05, 0) is 58.0 Å². The van der Waals surface area contributed by atoms with Crippen molar-refractivity contribution in [2.24, 2.45) is 0 Å². The summed E-state index contributed by atoms with van der Waals surface area (Å²) in [6, 6.07) is 25.1. The van der Waals surface area contributed by atoms with Gasteiger partial charge in [-0.1, -0.05) is 74.5 Å². The van der Waals surface area contributed by atoms with Gasteiger partial charge in [0.05, 0.1) is 0 Å². The van der Waals surface area contributed by atoms with Crippen molar-refractivity contribution in [1.82, 2.24) is 0 Å². The third-order valence-corrected chi connectivity index (χ3v) is 6.60. The molecule has 2 atom stereocenters. The molecule has 2 aliphatic carbocycles. The number of fused-ring (bicyclic) bond motifs is 5. The summed E-state index contributed by atoms with van der Waals surface area (Å²) in [5, 5.41) is 9.89. The fraction of sp³-hybridized carbons (Fsp3) is 0.200. The van der Waals surface area contributed by atoms with Crippen molar-refractivity contribution in [2.75, 3.05) is 0 Å². The Kier molecular flexibility index (Phi) is 3.04. The molecule has 0 heterocycles. The fourth-order valence-corrected chi connectivity index (χ4v) is 4.93. The molecular weight excluding hydrogens is 316 g/mol. The number of hydrogen-bond donors (Lipinski definition) is 1. The van der Waals surface area contributed by atoms with E-state index in [1.54, 1.807) is 6.07 Å². The maximum absolute atomic E-state index is 9.89. The van der Waals surface area contributed by atoms with Gasteiger partial charge in [0, 0.05) is 10.8 Å². The molecule has 1 nitrogen and oxygen atoms in total. The van der Waals surface area contributed by atoms with Crippen LogP contribution in [0.2, 0.25) is 0 Å². The first kappa shape index (κ1) is 15.5. The first-order valence-electron chi connectivity index (χ1n) is 9.23. The first-order valence-corrected chi connectivity index (χ1v) is 9.23. The number of rotatable bonds is 1. The summed E-state index contributed by atoms with van der Waals surface area (Å²) in [4.78, 5) is 0. The van der Waals surface area contributed by atoms with E-state index >= 15 is 0 Å². The van der Waals surface area contributed by atoms with Crippen molar-refractivity contribution in [3.05, 3.63) is 101 Å². The smallest absolute Gasteiger partial charge is 0.116 e. The normalized spacial score (nSPS) is 27.2. The molecule has 1 N–H and O–H groups in total. The Morgan fingerprint density at radius 2 is 1.35 bits per heavy atom. The van der Waals surface area contributed by atoms with Crippen molar-refractivity contribution >= 4 is 11.6 Å². The summed E-state index contributed by atoms with van der Waals surface area (Å²) in [5.41, 5.74) is 8.11. The van der Waals surface area contributed by atoms with Crippen molar-refractivity contribution in [3.8, 4) is 5.75 Å². The molecule has 0 aromatic heterocycles. The molecule has 1 unspecified atom stereocenters. The molecule has 0 bridgehead atoms. The lowest BCUT2D eigenvalue weighted by Gasteiger charge is -2.19. The van der Waals surface area contributed by atoms with Gasteiger partial charge in [-0.2, -0.15) is 0 Å². The maximum Gasteiger partial charge on any atom is 0.116 e. The highest BCUT2D eigenvalue weighted by Gasteiger charge is 2.64. The second-order valence-electron chi connectivity index (χ2n) is 8.09. The molecule has 0 spiro atoms. The zero-order valence-electron chi connectivity index (χ0n) is 15.2. The van der Waals surface area contributed by atoms with Crippen LogP contribution in [-0.4, -0.2) is 5.11 Å². The summed E-state index contributed by atoms with van der Waals surface area (Å²) >= 11 is 0. The fourth-order valence-electron chi connectivity index (χ4n) is 4.93. The number of benzene rings is 3. The van der Waals surface area contributed by atoms with Crippen molar-refractivity contribution in [3.63, 3.8) is 0 Å². The third kappa shape index (κ3) is 1.97. The Morgan fingerprint density at radius 3 is 1.92 bits per heavy atom. The molecule has 0 saturated heterocycles. The monoisotopic (exact) mass is 338 g/mol. The predicted molar refractivity (Wildman–Crippen MR) is 107 cm³/mol. The average Bonchev–Trinajstić information content (AvgIpc) is 3.24. The van der Waals surface area contributed by atoms with Crippen LogP contribution in [0.3, 0.4) is 0 Å². The average molecular weight is 338 g/mol. The van der Waals surface area contributed by atoms with Gasteiger partial charge in [-0.3, -0.25) is 0 Å². The van der Waals surface area contributed by atoms with E-state index in [1.165, 1.54) is 34.2 Å². The number of hydrogen-bond acceptors (Lipinski definition) is 1. The predicted octanol–water partition coefficient (Wildman–Crippen LogP) is 5.91. The zero-order chi connectivity index (χ0) is 17.9. The molecule has 26 heavy (non-hydrogen) atoms. The lowest BCUT2D eigenvalue weighted by atomic mass is 9.84. The Bertz CT molecular complexity index is 1000. The topological polar surface area (TPSA) is 20.2 Å². The van der Waals surface area contributed by atoms with E-state index in [-0.39, 0.29) is 10.8 Å². The molecule has 0 amide bonds. The minimum atomic E-state index is 0.175. The Hall–Kier alpha value is -2.80. The summed E-state index contributed by atoms with van der Waals surface area (Å²) < 4.78 is 0. The quantitative estimate of drug-likeness (QED) is 0.584. The molecule has 3 aromatic rings. The van der Waals surface area contributed by atoms with Gasteiger partial charge in [0.15, 0.2) is 0 Å². The van der Waals surface area contributed by atoms with Crippen molar-refractivity contribution in [1.29, 1.82) is 0 Å². The van der Waals surface area contributed by atoms with Gasteiger partial charge in [-0.25, -0.2) is 0 Å². The largest absolute Gasteiger partial charge is 0.508 e. The molecule has 0 radical (unpaired) electrons. The summed E-state index contributed by atoms with van der Waals surface area (Å²) in [7, 11) is 0. The Balaban J connectivity index is 1.85. The lowest BCUT2D eigenvalue weighted by molar-refractivity contribution is 0.475. The van der Waals surface area contributed by atoms with Gasteiger partial charge in [0.25, 0.3) is 0 Å². The van der Waals surface area contributed by atoms with Gasteiger partial charge in [-0.15, -0.1) is 0 Å². The minimum Gasteiger partial charge on any atom is -0.508 e. The van der Waals surface area contributed by atoms with E-state index in [2.05, 4.69) is 68.5 Å². The molecule has 1 saturated carbocycles. The van der Waals surface area contributed by atoms with Gasteiger partial charge in [0.2, 0.25) is 0 Å². The van der Waals surface area contributed by atoms with Crippen LogP contribution in [0.5, 0.6) is 5.75 Å². The van der Waals surface area contributed by atoms with Crippen LogP contribution < -0.4 is 0 Å². The summed E-state index contributed by atoms with van der Waals surface area (Å²) in [6.45, 7) is 4.81. The van der Waals surface area contributed by atoms with Crippen LogP contribution in [-0.2, 0) is 10.8 Å². The summed E-state index contributed by atoms with van der Waals surface area (Å²) in [5.74, 6) is 0.302. The van der Waals surface area contributed by atoms with Gasteiger partial charge in [0.1, 0.15) is 5.75 Å². The van der Waals surface area contributed by atoms with Crippen LogP contribution in [0.15, 0.2) is 72.8 Å². The molecule has 5 rings (SSSR count). The van der Waals surface area contributed by atoms with Crippen LogP contribution >= 0.6 is 0 Å². The highest BCUT2D eigenvalue weighted by atomic mass is 16.3. The minimum absolute atomic E-state index is 0.175. The molecule has 3 aromatic carbocycles. The van der Waals surface area contributed by atoms with E-state index in [4.69, 9.17) is 0 Å². The Morgan fingerprint density at radius 1 is 0.769 bits per heavy atom. The lowest BCUT2D eigenvalue weighted by Crippen LogP contribution is -2.16. The first-order chi connectivity index (χ1) is 12.5. The second kappa shape index (κ2) is 5.11. The zero-order valence-corrected chi connectivity index (χ0v) is 15.2. The maximum atomic E-state index is 9.89. The third-order valence-electron chi connectivity index (χ3n) is 6.60. The van der Waals surface area contributed by atoms with Crippen LogP contribution in [0.1, 0.15) is 48.1 Å². The molecule has 0 aliphatic heterocycles. The molecular formula is C25H22O. The van der Waals surface area contributed by atoms with Crippen LogP contribution in [0.4, 0.5) is 0 Å². The standard InChI is InChI=1S/C25H22O/c1-24-16-25(24,2)23-13-6-4-11-20(23)21(19-10-3-5-12-22(19)24)15-17-8-7-9-18(26)14-17/h3-15,26H,16H2,1-2H3/t24-,25?/m1/s1. The van der Waals surface area contributed by atoms with E-state index in [1.807, 2.05) is 18.2 Å². The van der Waals surface area contributed by atoms with Crippen molar-refractivity contribution < 1.29 is 5.11 Å². The van der Waals surface area contributed by atoms with Gasteiger partial charge >= 0.3 is 0 Å².